The van der Waals surface area contributed by atoms with Gasteiger partial charge in [-0.05, 0) is 63.1 Å². The van der Waals surface area contributed by atoms with Gasteiger partial charge in [-0.3, -0.25) is 0 Å². The fraction of sp³-hybridized carbons (Fsp3) is 0.400. The van der Waals surface area contributed by atoms with E-state index < -0.39 is 16.5 Å². The van der Waals surface area contributed by atoms with Crippen LogP contribution in [0, 0.1) is 0 Å². The molecule has 0 bridgehead atoms. The number of ether oxygens (including phenoxy) is 2. The van der Waals surface area contributed by atoms with E-state index in [-0.39, 0.29) is 4.75 Å². The summed E-state index contributed by atoms with van der Waals surface area (Å²) in [6, 6.07) is 15.6. The quantitative estimate of drug-likeness (QED) is 0.845. The van der Waals surface area contributed by atoms with E-state index >= 15 is 0 Å². The number of methoxy groups -OCH3 is 2. The molecule has 136 valence electrons. The zero-order valence-corrected chi connectivity index (χ0v) is 16.6. The molecule has 0 radical (unpaired) electrons. The van der Waals surface area contributed by atoms with Crippen molar-refractivity contribution in [3.8, 4) is 11.5 Å². The average Bonchev–Trinajstić information content (AvgIpc) is 2.61. The fourth-order valence-electron chi connectivity index (χ4n) is 2.47. The fourth-order valence-corrected chi connectivity index (χ4v) is 3.38. The Kier molecular flexibility index (Phi) is 5.91. The molecule has 0 heterocycles. The number of rotatable bonds is 6. The molecular formula is C20H27NO3S. The predicted molar refractivity (Wildman–Crippen MR) is 103 cm³/mol. The zero-order chi connectivity index (χ0) is 18.7. The highest BCUT2D eigenvalue weighted by molar-refractivity contribution is 7.84. The van der Waals surface area contributed by atoms with Gasteiger partial charge in [-0.15, -0.1) is 0 Å². The van der Waals surface area contributed by atoms with Crippen molar-refractivity contribution in [3.05, 3.63) is 59.7 Å². The zero-order valence-electron chi connectivity index (χ0n) is 15.8. The van der Waals surface area contributed by atoms with Gasteiger partial charge >= 0.3 is 0 Å². The molecule has 0 aliphatic carbocycles. The molecule has 0 fully saturated rings. The molecule has 0 aromatic heterocycles. The van der Waals surface area contributed by atoms with Gasteiger partial charge < -0.3 is 9.47 Å². The molecule has 0 aliphatic rings. The van der Waals surface area contributed by atoms with Gasteiger partial charge in [0.2, 0.25) is 0 Å². The van der Waals surface area contributed by atoms with Gasteiger partial charge in [0.25, 0.3) is 0 Å². The number of hydrogen-bond donors (Lipinski definition) is 1. The van der Waals surface area contributed by atoms with Gasteiger partial charge in [-0.2, -0.15) is 0 Å². The van der Waals surface area contributed by atoms with Gasteiger partial charge in [0.05, 0.1) is 35.5 Å². The Morgan fingerprint density at radius 3 is 1.40 bits per heavy atom. The minimum absolute atomic E-state index is 0.375. The Morgan fingerprint density at radius 1 is 0.760 bits per heavy atom. The molecule has 0 saturated carbocycles. The highest BCUT2D eigenvalue weighted by atomic mass is 32.2. The van der Waals surface area contributed by atoms with Crippen molar-refractivity contribution in [1.82, 2.24) is 4.72 Å². The first-order valence-corrected chi connectivity index (χ1v) is 9.34. The van der Waals surface area contributed by atoms with Crippen molar-refractivity contribution < 1.29 is 13.7 Å². The van der Waals surface area contributed by atoms with Crippen molar-refractivity contribution in [2.45, 2.75) is 38.0 Å². The molecule has 5 heteroatoms. The molecule has 2 aromatic rings. The van der Waals surface area contributed by atoms with Gasteiger partial charge in [-0.25, -0.2) is 8.93 Å². The molecule has 1 N–H and O–H groups in total. The summed E-state index contributed by atoms with van der Waals surface area (Å²) in [6.07, 6.45) is 0. The molecule has 2 aromatic carbocycles. The van der Waals surface area contributed by atoms with Crippen molar-refractivity contribution in [3.63, 3.8) is 0 Å². The van der Waals surface area contributed by atoms with Crippen LogP contribution in [0.4, 0.5) is 0 Å². The van der Waals surface area contributed by atoms with Crippen LogP contribution in [0.25, 0.3) is 0 Å². The summed E-state index contributed by atoms with van der Waals surface area (Å²) in [4.78, 5) is 0. The minimum atomic E-state index is -1.23. The van der Waals surface area contributed by atoms with Crippen LogP contribution in [0.1, 0.15) is 38.8 Å². The number of nitrogens with one attached hydrogen (secondary N) is 1. The minimum Gasteiger partial charge on any atom is -0.497 e. The predicted octanol–water partition coefficient (Wildman–Crippen LogP) is 4.02. The Hall–Kier alpha value is -1.85. The Morgan fingerprint density at radius 2 is 1.12 bits per heavy atom. The third-order valence-corrected chi connectivity index (χ3v) is 5.89. The molecule has 1 unspecified atom stereocenters. The average molecular weight is 362 g/mol. The van der Waals surface area contributed by atoms with Crippen LogP contribution >= 0.6 is 0 Å². The summed E-state index contributed by atoms with van der Waals surface area (Å²) in [6.45, 7) is 7.91. The molecule has 0 saturated heterocycles. The van der Waals surface area contributed by atoms with Gasteiger partial charge in [0, 0.05) is 0 Å². The van der Waals surface area contributed by atoms with E-state index in [0.717, 1.165) is 22.6 Å². The van der Waals surface area contributed by atoms with Crippen molar-refractivity contribution in [1.29, 1.82) is 0 Å². The normalized spacial score (nSPS) is 13.4. The summed E-state index contributed by atoms with van der Waals surface area (Å²) in [5.41, 5.74) is 1.41. The van der Waals surface area contributed by atoms with E-state index in [1.165, 1.54) is 0 Å². The maximum absolute atomic E-state index is 12.8. The molecule has 0 amide bonds. The maximum Gasteiger partial charge on any atom is 0.118 e. The summed E-state index contributed by atoms with van der Waals surface area (Å²) in [5.74, 6) is 1.58. The van der Waals surface area contributed by atoms with Crippen LogP contribution in [0.5, 0.6) is 11.5 Å². The van der Waals surface area contributed by atoms with E-state index in [2.05, 4.69) is 4.72 Å². The van der Waals surface area contributed by atoms with E-state index in [1.807, 2.05) is 76.2 Å². The number of hydrogen-bond acceptors (Lipinski definition) is 3. The maximum atomic E-state index is 12.8. The van der Waals surface area contributed by atoms with Crippen molar-refractivity contribution in [2.24, 2.45) is 0 Å². The first-order chi connectivity index (χ1) is 11.7. The number of benzene rings is 2. The van der Waals surface area contributed by atoms with Crippen LogP contribution in [0.2, 0.25) is 0 Å². The molecule has 0 aliphatic heterocycles. The second-order valence-corrected chi connectivity index (χ2v) is 9.03. The molecule has 2 rings (SSSR count). The van der Waals surface area contributed by atoms with Crippen LogP contribution in [0.3, 0.4) is 0 Å². The van der Waals surface area contributed by atoms with E-state index in [1.54, 1.807) is 14.2 Å². The summed E-state index contributed by atoms with van der Waals surface area (Å²) in [5, 5.41) is 0. The Labute approximate surface area is 153 Å². The van der Waals surface area contributed by atoms with Gasteiger partial charge in [0.15, 0.2) is 0 Å². The van der Waals surface area contributed by atoms with Gasteiger partial charge in [-0.1, -0.05) is 24.3 Å². The van der Waals surface area contributed by atoms with E-state index in [9.17, 15) is 4.21 Å². The standard InChI is InChI=1S/C20H27NO3S/c1-19(2,3)25(22)21-20(4,15-7-11-17(23-5)12-8-15)16-9-13-18(24-6)14-10-16/h7-14,21H,1-6H3. The third kappa shape index (κ3) is 4.41. The lowest BCUT2D eigenvalue weighted by atomic mass is 9.85. The molecular weight excluding hydrogens is 334 g/mol. The molecule has 4 nitrogen and oxygen atoms in total. The topological polar surface area (TPSA) is 47.6 Å². The van der Waals surface area contributed by atoms with Crippen LogP contribution in [0.15, 0.2) is 48.5 Å². The first kappa shape index (κ1) is 19.5. The first-order valence-electron chi connectivity index (χ1n) is 8.19. The second kappa shape index (κ2) is 7.58. The van der Waals surface area contributed by atoms with Crippen molar-refractivity contribution >= 4 is 11.0 Å². The van der Waals surface area contributed by atoms with Crippen LogP contribution in [-0.2, 0) is 16.5 Å². The SMILES string of the molecule is COc1ccc(C(C)(NS(=O)C(C)(C)C)c2ccc(OC)cc2)cc1. The monoisotopic (exact) mass is 361 g/mol. The lowest BCUT2D eigenvalue weighted by molar-refractivity contribution is 0.413. The smallest absolute Gasteiger partial charge is 0.118 e. The summed E-state index contributed by atoms with van der Waals surface area (Å²) in [7, 11) is 2.05. The lowest BCUT2D eigenvalue weighted by Gasteiger charge is -2.34. The second-order valence-electron chi connectivity index (χ2n) is 7.07. The largest absolute Gasteiger partial charge is 0.497 e. The van der Waals surface area contributed by atoms with Crippen molar-refractivity contribution in [2.75, 3.05) is 14.2 Å². The van der Waals surface area contributed by atoms with E-state index in [4.69, 9.17) is 9.47 Å². The Bertz CT molecular complexity index is 671. The van der Waals surface area contributed by atoms with Crippen LogP contribution < -0.4 is 14.2 Å². The summed E-state index contributed by atoms with van der Waals surface area (Å²) < 4.78 is 26.3. The van der Waals surface area contributed by atoms with Gasteiger partial charge in [0.1, 0.15) is 11.5 Å². The highest BCUT2D eigenvalue weighted by Crippen LogP contribution is 2.33. The molecule has 25 heavy (non-hydrogen) atoms. The lowest BCUT2D eigenvalue weighted by Crippen LogP contribution is -2.46. The van der Waals surface area contributed by atoms with Crippen LogP contribution in [-0.4, -0.2) is 23.2 Å². The molecule has 1 atom stereocenters. The highest BCUT2D eigenvalue weighted by Gasteiger charge is 2.34. The van der Waals surface area contributed by atoms with E-state index in [0.29, 0.717) is 0 Å². The molecule has 0 spiro atoms. The Balaban J connectivity index is 2.50. The summed E-state index contributed by atoms with van der Waals surface area (Å²) >= 11 is 0. The third-order valence-electron chi connectivity index (χ3n) is 4.19.